The molecule has 0 radical (unpaired) electrons. The molecule has 1 aromatic carbocycles. The average Bonchev–Trinajstić information content (AvgIpc) is 2.45. The molecule has 6 heteroatoms. The summed E-state index contributed by atoms with van der Waals surface area (Å²) in [6.07, 6.45) is 4.46. The molecular formula is C14H15BrClN3O. The molecule has 2 rings (SSSR count). The summed E-state index contributed by atoms with van der Waals surface area (Å²) in [6.45, 7) is 3.33. The summed E-state index contributed by atoms with van der Waals surface area (Å²) in [4.78, 5) is 8.56. The van der Waals surface area contributed by atoms with Crippen molar-refractivity contribution in [3.63, 3.8) is 0 Å². The highest BCUT2D eigenvalue weighted by molar-refractivity contribution is 9.10. The summed E-state index contributed by atoms with van der Waals surface area (Å²) in [5.41, 5.74) is 0.756. The normalized spacial score (nSPS) is 10.3. The van der Waals surface area contributed by atoms with Crippen molar-refractivity contribution in [3.05, 3.63) is 45.8 Å². The fraction of sp³-hybridized carbons (Fsp3) is 0.286. The number of anilines is 1. The van der Waals surface area contributed by atoms with Crippen molar-refractivity contribution in [2.24, 2.45) is 0 Å². The minimum Gasteiger partial charge on any atom is -0.486 e. The molecule has 4 nitrogen and oxygen atoms in total. The van der Waals surface area contributed by atoms with Gasteiger partial charge in [-0.3, -0.25) is 4.98 Å². The number of hydrogen-bond donors (Lipinski definition) is 1. The lowest BCUT2D eigenvalue weighted by molar-refractivity contribution is 0.301. The second-order valence-corrected chi connectivity index (χ2v) is 5.51. The van der Waals surface area contributed by atoms with Gasteiger partial charge in [0.15, 0.2) is 0 Å². The number of rotatable bonds is 6. The molecule has 0 fully saturated rings. The monoisotopic (exact) mass is 355 g/mol. The zero-order valence-electron chi connectivity index (χ0n) is 11.1. The first-order valence-corrected chi connectivity index (χ1v) is 7.48. The highest BCUT2D eigenvalue weighted by atomic mass is 79.9. The standard InChI is InChI=1S/C14H15BrClN3O/c1-2-5-17-14-8-18-11(7-19-14)9-20-13-4-3-10(15)6-12(13)16/h3-4,6-8H,2,5,9H2,1H3,(H,17,19). The molecule has 106 valence electrons. The van der Waals surface area contributed by atoms with Crippen LogP contribution in [-0.4, -0.2) is 16.5 Å². The van der Waals surface area contributed by atoms with Crippen LogP contribution in [-0.2, 0) is 6.61 Å². The van der Waals surface area contributed by atoms with Crippen LogP contribution in [0.1, 0.15) is 19.0 Å². The molecule has 0 saturated heterocycles. The second-order valence-electron chi connectivity index (χ2n) is 4.18. The molecule has 1 heterocycles. The van der Waals surface area contributed by atoms with Gasteiger partial charge in [-0.05, 0) is 24.6 Å². The molecule has 20 heavy (non-hydrogen) atoms. The molecule has 1 aromatic heterocycles. The fourth-order valence-corrected chi connectivity index (χ4v) is 2.25. The number of halogens is 2. The lowest BCUT2D eigenvalue weighted by atomic mass is 10.3. The van der Waals surface area contributed by atoms with E-state index in [0.717, 1.165) is 29.0 Å². The number of nitrogens with one attached hydrogen (secondary N) is 1. The molecule has 0 aliphatic carbocycles. The summed E-state index contributed by atoms with van der Waals surface area (Å²) in [7, 11) is 0. The molecule has 0 atom stereocenters. The first-order valence-electron chi connectivity index (χ1n) is 6.31. The lowest BCUT2D eigenvalue weighted by Gasteiger charge is -2.08. The van der Waals surface area contributed by atoms with Gasteiger partial charge in [-0.2, -0.15) is 0 Å². The summed E-state index contributed by atoms with van der Waals surface area (Å²) in [6, 6.07) is 5.49. The number of benzene rings is 1. The number of nitrogens with zero attached hydrogens (tertiary/aromatic N) is 2. The third kappa shape index (κ3) is 4.35. The van der Waals surface area contributed by atoms with Gasteiger partial charge in [-0.15, -0.1) is 0 Å². The third-order valence-electron chi connectivity index (χ3n) is 2.53. The number of ether oxygens (including phenoxy) is 1. The smallest absolute Gasteiger partial charge is 0.144 e. The van der Waals surface area contributed by atoms with Gasteiger partial charge in [0, 0.05) is 11.0 Å². The van der Waals surface area contributed by atoms with Crippen molar-refractivity contribution in [1.29, 1.82) is 0 Å². The zero-order chi connectivity index (χ0) is 14.4. The predicted molar refractivity (Wildman–Crippen MR) is 84.3 cm³/mol. The lowest BCUT2D eigenvalue weighted by Crippen LogP contribution is -2.04. The molecule has 1 N–H and O–H groups in total. The first kappa shape index (κ1) is 15.1. The van der Waals surface area contributed by atoms with Gasteiger partial charge < -0.3 is 10.1 Å². The summed E-state index contributed by atoms with van der Waals surface area (Å²) < 4.78 is 6.54. The Kier molecular flexibility index (Phi) is 5.61. The van der Waals surface area contributed by atoms with Gasteiger partial charge in [0.05, 0.1) is 23.1 Å². The van der Waals surface area contributed by atoms with E-state index < -0.39 is 0 Å². The molecule has 0 spiro atoms. The van der Waals surface area contributed by atoms with E-state index in [1.807, 2.05) is 12.1 Å². The Bertz CT molecular complexity index is 563. The van der Waals surface area contributed by atoms with Crippen LogP contribution in [0.15, 0.2) is 35.1 Å². The first-order chi connectivity index (χ1) is 9.69. The zero-order valence-corrected chi connectivity index (χ0v) is 13.4. The molecule has 0 aliphatic rings. The Morgan fingerprint density at radius 1 is 1.30 bits per heavy atom. The van der Waals surface area contributed by atoms with Gasteiger partial charge in [-0.1, -0.05) is 34.5 Å². The Labute approximate surface area is 131 Å². The van der Waals surface area contributed by atoms with Gasteiger partial charge in [0.25, 0.3) is 0 Å². The topological polar surface area (TPSA) is 47.0 Å². The maximum Gasteiger partial charge on any atom is 0.144 e. The van der Waals surface area contributed by atoms with Crippen LogP contribution in [0.25, 0.3) is 0 Å². The maximum absolute atomic E-state index is 6.08. The molecular weight excluding hydrogens is 342 g/mol. The summed E-state index contributed by atoms with van der Waals surface area (Å²) in [5.74, 6) is 1.40. The van der Waals surface area contributed by atoms with Crippen LogP contribution < -0.4 is 10.1 Å². The molecule has 2 aromatic rings. The van der Waals surface area contributed by atoms with E-state index >= 15 is 0 Å². The van der Waals surface area contributed by atoms with Crippen molar-refractivity contribution in [2.45, 2.75) is 20.0 Å². The largest absolute Gasteiger partial charge is 0.486 e. The van der Waals surface area contributed by atoms with E-state index in [9.17, 15) is 0 Å². The minimum absolute atomic E-state index is 0.336. The molecule has 0 unspecified atom stereocenters. The van der Waals surface area contributed by atoms with Gasteiger partial charge in [-0.25, -0.2) is 4.98 Å². The van der Waals surface area contributed by atoms with Crippen LogP contribution in [0.4, 0.5) is 5.82 Å². The Balaban J connectivity index is 1.93. The Hall–Kier alpha value is -1.33. The Morgan fingerprint density at radius 2 is 2.15 bits per heavy atom. The molecule has 0 aliphatic heterocycles. The fourth-order valence-electron chi connectivity index (χ4n) is 1.52. The summed E-state index contributed by atoms with van der Waals surface area (Å²) >= 11 is 9.43. The second kappa shape index (κ2) is 7.45. The Morgan fingerprint density at radius 3 is 2.80 bits per heavy atom. The van der Waals surface area contributed by atoms with Crippen molar-refractivity contribution >= 4 is 33.3 Å². The van der Waals surface area contributed by atoms with Crippen LogP contribution in [0, 0.1) is 0 Å². The van der Waals surface area contributed by atoms with Crippen LogP contribution in [0.5, 0.6) is 5.75 Å². The average molecular weight is 357 g/mol. The number of aromatic nitrogens is 2. The summed E-state index contributed by atoms with van der Waals surface area (Å²) in [5, 5.41) is 3.73. The van der Waals surface area contributed by atoms with Gasteiger partial charge in [0.1, 0.15) is 18.2 Å². The van der Waals surface area contributed by atoms with Crippen molar-refractivity contribution in [2.75, 3.05) is 11.9 Å². The highest BCUT2D eigenvalue weighted by Crippen LogP contribution is 2.28. The van der Waals surface area contributed by atoms with E-state index in [0.29, 0.717) is 17.4 Å². The highest BCUT2D eigenvalue weighted by Gasteiger charge is 2.04. The van der Waals surface area contributed by atoms with Crippen molar-refractivity contribution < 1.29 is 4.74 Å². The van der Waals surface area contributed by atoms with Crippen LogP contribution in [0.2, 0.25) is 5.02 Å². The van der Waals surface area contributed by atoms with E-state index in [4.69, 9.17) is 16.3 Å². The van der Waals surface area contributed by atoms with Gasteiger partial charge in [0.2, 0.25) is 0 Å². The van der Waals surface area contributed by atoms with Crippen molar-refractivity contribution in [1.82, 2.24) is 9.97 Å². The number of hydrogen-bond acceptors (Lipinski definition) is 4. The van der Waals surface area contributed by atoms with E-state index in [1.54, 1.807) is 18.5 Å². The molecule has 0 saturated carbocycles. The van der Waals surface area contributed by atoms with Gasteiger partial charge >= 0.3 is 0 Å². The van der Waals surface area contributed by atoms with E-state index in [2.05, 4.69) is 38.1 Å². The van der Waals surface area contributed by atoms with E-state index in [-0.39, 0.29) is 0 Å². The minimum atomic E-state index is 0.336. The van der Waals surface area contributed by atoms with E-state index in [1.165, 1.54) is 0 Å². The van der Waals surface area contributed by atoms with Crippen LogP contribution in [0.3, 0.4) is 0 Å². The predicted octanol–water partition coefficient (Wildman–Crippen LogP) is 4.29. The third-order valence-corrected chi connectivity index (χ3v) is 3.32. The van der Waals surface area contributed by atoms with Crippen LogP contribution >= 0.6 is 27.5 Å². The molecule has 0 amide bonds. The maximum atomic E-state index is 6.08. The van der Waals surface area contributed by atoms with Crippen molar-refractivity contribution in [3.8, 4) is 5.75 Å². The quantitative estimate of drug-likeness (QED) is 0.838. The molecule has 0 bridgehead atoms. The SMILES string of the molecule is CCCNc1cnc(COc2ccc(Br)cc2Cl)cn1.